The molecule has 2 aliphatic rings. The van der Waals surface area contributed by atoms with Crippen molar-refractivity contribution in [1.29, 1.82) is 0 Å². The standard InChI is InChI=1S/C10H19NO/c1-9(2)6-4-5-10(9,3)8(12)7(6)11/h6-8,12H,4-5,11H2,1-3H3/t6-,7?,8+,10-/m1/s1. The maximum Gasteiger partial charge on any atom is 0.0752 e. The Bertz CT molecular complexity index is 214. The second kappa shape index (κ2) is 2.05. The Morgan fingerprint density at radius 3 is 2.17 bits per heavy atom. The van der Waals surface area contributed by atoms with Crippen molar-refractivity contribution in [3.8, 4) is 0 Å². The molecule has 1 unspecified atom stereocenters. The zero-order valence-corrected chi connectivity index (χ0v) is 8.17. The summed E-state index contributed by atoms with van der Waals surface area (Å²) in [5.41, 5.74) is 6.27. The average Bonchev–Trinajstić information content (AvgIpc) is 2.26. The molecule has 0 amide bonds. The van der Waals surface area contributed by atoms with Gasteiger partial charge in [-0.1, -0.05) is 20.8 Å². The van der Waals surface area contributed by atoms with Gasteiger partial charge >= 0.3 is 0 Å². The van der Waals surface area contributed by atoms with Crippen LogP contribution in [-0.2, 0) is 0 Å². The first-order valence-corrected chi connectivity index (χ1v) is 4.85. The lowest BCUT2D eigenvalue weighted by Crippen LogP contribution is -2.43. The normalized spacial score (nSPS) is 56.2. The van der Waals surface area contributed by atoms with Crippen molar-refractivity contribution in [2.45, 2.75) is 45.8 Å². The van der Waals surface area contributed by atoms with Crippen molar-refractivity contribution in [2.24, 2.45) is 22.5 Å². The topological polar surface area (TPSA) is 46.2 Å². The third-order valence-corrected chi connectivity index (χ3v) is 4.86. The Morgan fingerprint density at radius 1 is 1.33 bits per heavy atom. The summed E-state index contributed by atoms with van der Waals surface area (Å²) < 4.78 is 0. The Hall–Kier alpha value is -0.0800. The van der Waals surface area contributed by atoms with Gasteiger partial charge in [0.25, 0.3) is 0 Å². The molecular formula is C10H19NO. The molecule has 0 aliphatic heterocycles. The minimum Gasteiger partial charge on any atom is -0.391 e. The Morgan fingerprint density at radius 2 is 1.92 bits per heavy atom. The van der Waals surface area contributed by atoms with Gasteiger partial charge in [0.15, 0.2) is 0 Å². The summed E-state index contributed by atoms with van der Waals surface area (Å²) in [6, 6.07) is 0.0127. The fraction of sp³-hybridized carbons (Fsp3) is 1.00. The highest BCUT2D eigenvalue weighted by Gasteiger charge is 2.64. The van der Waals surface area contributed by atoms with E-state index in [4.69, 9.17) is 5.73 Å². The summed E-state index contributed by atoms with van der Waals surface area (Å²) in [7, 11) is 0. The predicted molar refractivity (Wildman–Crippen MR) is 48.6 cm³/mol. The number of hydrogen-bond donors (Lipinski definition) is 2. The van der Waals surface area contributed by atoms with E-state index in [-0.39, 0.29) is 23.0 Å². The van der Waals surface area contributed by atoms with Crippen LogP contribution in [0, 0.1) is 16.7 Å². The van der Waals surface area contributed by atoms with Gasteiger partial charge < -0.3 is 10.8 Å². The number of rotatable bonds is 0. The summed E-state index contributed by atoms with van der Waals surface area (Å²) in [6.45, 7) is 6.69. The number of aliphatic hydroxyl groups is 1. The van der Waals surface area contributed by atoms with Crippen molar-refractivity contribution >= 4 is 0 Å². The highest BCUT2D eigenvalue weighted by Crippen LogP contribution is 2.64. The molecule has 12 heavy (non-hydrogen) atoms. The van der Waals surface area contributed by atoms with E-state index in [1.54, 1.807) is 0 Å². The third-order valence-electron chi connectivity index (χ3n) is 4.86. The van der Waals surface area contributed by atoms with E-state index in [1.807, 2.05) is 0 Å². The molecule has 0 heterocycles. The second-order valence-corrected chi connectivity index (χ2v) is 5.31. The van der Waals surface area contributed by atoms with Gasteiger partial charge in [-0.2, -0.15) is 0 Å². The van der Waals surface area contributed by atoms with Gasteiger partial charge in [0.05, 0.1) is 6.10 Å². The maximum atomic E-state index is 9.96. The van der Waals surface area contributed by atoms with Crippen LogP contribution in [0.1, 0.15) is 33.6 Å². The quantitative estimate of drug-likeness (QED) is 0.571. The molecule has 0 radical (unpaired) electrons. The lowest BCUT2D eigenvalue weighted by molar-refractivity contribution is 0.00582. The molecule has 0 saturated heterocycles. The van der Waals surface area contributed by atoms with E-state index in [0.717, 1.165) is 6.42 Å². The van der Waals surface area contributed by atoms with Crippen molar-refractivity contribution in [3.63, 3.8) is 0 Å². The maximum absolute atomic E-state index is 9.96. The summed E-state index contributed by atoms with van der Waals surface area (Å²) in [5.74, 6) is 0.525. The fourth-order valence-corrected chi connectivity index (χ4v) is 3.41. The molecular weight excluding hydrogens is 150 g/mol. The van der Waals surface area contributed by atoms with Crippen LogP contribution >= 0.6 is 0 Å². The van der Waals surface area contributed by atoms with Crippen molar-refractivity contribution in [1.82, 2.24) is 0 Å². The van der Waals surface area contributed by atoms with Gasteiger partial charge in [-0.25, -0.2) is 0 Å². The Balaban J connectivity index is 2.44. The van der Waals surface area contributed by atoms with Gasteiger partial charge in [0.2, 0.25) is 0 Å². The molecule has 2 aliphatic carbocycles. The van der Waals surface area contributed by atoms with Crippen LogP contribution in [0.3, 0.4) is 0 Å². The Labute approximate surface area is 74.1 Å². The fourth-order valence-electron chi connectivity index (χ4n) is 3.41. The van der Waals surface area contributed by atoms with Crippen molar-refractivity contribution in [2.75, 3.05) is 0 Å². The monoisotopic (exact) mass is 169 g/mol. The summed E-state index contributed by atoms with van der Waals surface area (Å²) >= 11 is 0. The van der Waals surface area contributed by atoms with Crippen LogP contribution in [0.5, 0.6) is 0 Å². The zero-order chi connectivity index (χ0) is 9.15. The molecule has 4 atom stereocenters. The minimum absolute atomic E-state index is 0.0127. The summed E-state index contributed by atoms with van der Waals surface area (Å²) in [4.78, 5) is 0. The molecule has 2 heteroatoms. The van der Waals surface area contributed by atoms with Gasteiger partial charge in [-0.15, -0.1) is 0 Å². The first-order chi connectivity index (χ1) is 5.41. The number of fused-ring (bicyclic) bond motifs is 2. The predicted octanol–water partition coefficient (Wildman–Crippen LogP) is 1.13. The Kier molecular flexibility index (Phi) is 1.45. The van der Waals surface area contributed by atoms with Crippen LogP contribution in [-0.4, -0.2) is 17.3 Å². The van der Waals surface area contributed by atoms with E-state index in [9.17, 15) is 5.11 Å². The van der Waals surface area contributed by atoms with Crippen LogP contribution in [0.4, 0.5) is 0 Å². The van der Waals surface area contributed by atoms with Crippen LogP contribution in [0.15, 0.2) is 0 Å². The van der Waals surface area contributed by atoms with Crippen molar-refractivity contribution < 1.29 is 5.11 Å². The van der Waals surface area contributed by atoms with E-state index >= 15 is 0 Å². The number of aliphatic hydroxyl groups excluding tert-OH is 1. The molecule has 2 bridgehead atoms. The molecule has 0 spiro atoms. The number of hydrogen-bond acceptors (Lipinski definition) is 2. The van der Waals surface area contributed by atoms with Crippen molar-refractivity contribution in [3.05, 3.63) is 0 Å². The van der Waals surface area contributed by atoms with Crippen LogP contribution < -0.4 is 5.73 Å². The molecule has 0 aromatic rings. The lowest BCUT2D eigenvalue weighted by Gasteiger charge is -2.36. The van der Waals surface area contributed by atoms with E-state index in [1.165, 1.54) is 6.42 Å². The van der Waals surface area contributed by atoms with Gasteiger partial charge in [-0.05, 0) is 24.2 Å². The highest BCUT2D eigenvalue weighted by atomic mass is 16.3. The van der Waals surface area contributed by atoms with Crippen LogP contribution in [0.25, 0.3) is 0 Å². The molecule has 3 N–H and O–H groups in total. The second-order valence-electron chi connectivity index (χ2n) is 5.31. The third kappa shape index (κ3) is 0.647. The van der Waals surface area contributed by atoms with Gasteiger partial charge in [0.1, 0.15) is 0 Å². The van der Waals surface area contributed by atoms with E-state index in [2.05, 4.69) is 20.8 Å². The molecule has 0 aromatic carbocycles. The summed E-state index contributed by atoms with van der Waals surface area (Å²) in [6.07, 6.45) is 2.05. The molecule has 70 valence electrons. The average molecular weight is 169 g/mol. The molecule has 0 aromatic heterocycles. The molecule has 2 nitrogen and oxygen atoms in total. The molecule has 2 fully saturated rings. The van der Waals surface area contributed by atoms with E-state index < -0.39 is 0 Å². The SMILES string of the molecule is CC1(C)[C@@H]2CC[C@]1(C)[C@@H](O)C2N. The van der Waals surface area contributed by atoms with E-state index in [0.29, 0.717) is 5.92 Å². The smallest absolute Gasteiger partial charge is 0.0752 e. The molecule has 2 saturated carbocycles. The largest absolute Gasteiger partial charge is 0.391 e. The van der Waals surface area contributed by atoms with Gasteiger partial charge in [0, 0.05) is 11.5 Å². The van der Waals surface area contributed by atoms with Crippen LogP contribution in [0.2, 0.25) is 0 Å². The molecule has 2 rings (SSSR count). The number of nitrogens with two attached hydrogens (primary N) is 1. The van der Waals surface area contributed by atoms with Gasteiger partial charge in [-0.3, -0.25) is 0 Å². The zero-order valence-electron chi connectivity index (χ0n) is 8.17. The lowest BCUT2D eigenvalue weighted by atomic mass is 9.70. The minimum atomic E-state index is -0.286. The first kappa shape index (κ1) is 8.52. The highest BCUT2D eigenvalue weighted by molar-refractivity contribution is 5.16. The first-order valence-electron chi connectivity index (χ1n) is 4.85. The summed E-state index contributed by atoms with van der Waals surface area (Å²) in [5, 5.41) is 9.96.